The Labute approximate surface area is 62.7 Å². The highest BCUT2D eigenvalue weighted by molar-refractivity contribution is 7.98. The number of rotatable bonds is 3. The largest absolute Gasteiger partial charge is 0.264 e. The van der Waals surface area contributed by atoms with Crippen molar-refractivity contribution >= 4 is 11.9 Å². The highest BCUT2D eigenvalue weighted by Crippen LogP contribution is 2.18. The number of hydrogen-bond acceptors (Lipinski definition) is 2. The lowest BCUT2D eigenvalue weighted by Gasteiger charge is -2.16. The summed E-state index contributed by atoms with van der Waals surface area (Å²) in [4.78, 5) is 0. The van der Waals surface area contributed by atoms with E-state index in [1.165, 1.54) is 6.42 Å². The molecule has 0 unspecified atom stereocenters. The molecule has 0 bridgehead atoms. The molecule has 0 saturated carbocycles. The second kappa shape index (κ2) is 4.18. The van der Waals surface area contributed by atoms with Crippen molar-refractivity contribution in [3.05, 3.63) is 0 Å². The first-order valence-corrected chi connectivity index (χ1v) is 4.29. The third-order valence-electron chi connectivity index (χ3n) is 0.730. The lowest BCUT2D eigenvalue weighted by molar-refractivity contribution is 0.781. The monoisotopic (exact) mass is 147 g/mol. The second-order valence-electron chi connectivity index (χ2n) is 3.11. The van der Waals surface area contributed by atoms with Gasteiger partial charge < -0.3 is 0 Å². The normalized spacial score (nSPS) is 12.0. The van der Waals surface area contributed by atoms with Gasteiger partial charge in [-0.25, -0.2) is 0 Å². The van der Waals surface area contributed by atoms with E-state index in [0.29, 0.717) is 4.75 Å². The molecule has 0 fully saturated rings. The maximum atomic E-state index is 3.29. The van der Waals surface area contributed by atoms with Gasteiger partial charge in [-0.3, -0.25) is 4.72 Å². The Morgan fingerprint density at radius 1 is 1.33 bits per heavy atom. The Morgan fingerprint density at radius 3 is 2.22 bits per heavy atom. The molecule has 0 aliphatic heterocycles. The Hall–Kier alpha value is 0.310. The minimum absolute atomic E-state index is 0.356. The Bertz CT molecular complexity index is 65.8. The minimum atomic E-state index is 0.356. The van der Waals surface area contributed by atoms with E-state index in [4.69, 9.17) is 0 Å². The molecule has 0 aliphatic carbocycles. The smallest absolute Gasteiger partial charge is 0.0220 e. The van der Waals surface area contributed by atoms with Crippen molar-refractivity contribution in [2.75, 3.05) is 6.54 Å². The van der Waals surface area contributed by atoms with Gasteiger partial charge in [0, 0.05) is 11.3 Å². The molecule has 0 heterocycles. The first-order valence-electron chi connectivity index (χ1n) is 3.47. The van der Waals surface area contributed by atoms with E-state index >= 15 is 0 Å². The van der Waals surface area contributed by atoms with Crippen LogP contribution in [0.3, 0.4) is 0 Å². The van der Waals surface area contributed by atoms with Gasteiger partial charge >= 0.3 is 0 Å². The summed E-state index contributed by atoms with van der Waals surface area (Å²) in [5.41, 5.74) is 0. The van der Waals surface area contributed by atoms with Crippen molar-refractivity contribution in [3.8, 4) is 0 Å². The zero-order valence-corrected chi connectivity index (χ0v) is 7.64. The number of nitrogens with one attached hydrogen (secondary N) is 1. The third-order valence-corrected chi connectivity index (χ3v) is 1.69. The van der Waals surface area contributed by atoms with Crippen LogP contribution in [0, 0.1) is 0 Å². The lowest BCUT2D eigenvalue weighted by atomic mass is 10.3. The molecule has 0 aromatic carbocycles. The number of hydrogen-bond donors (Lipinski definition) is 1. The molecule has 0 amide bonds. The molecule has 9 heavy (non-hydrogen) atoms. The molecule has 0 saturated heterocycles. The van der Waals surface area contributed by atoms with Crippen LogP contribution in [-0.4, -0.2) is 11.3 Å². The van der Waals surface area contributed by atoms with Crippen LogP contribution < -0.4 is 4.72 Å². The van der Waals surface area contributed by atoms with Crippen LogP contribution in [0.2, 0.25) is 0 Å². The molecule has 1 nitrogen and oxygen atoms in total. The van der Waals surface area contributed by atoms with Crippen molar-refractivity contribution in [2.24, 2.45) is 0 Å². The summed E-state index contributed by atoms with van der Waals surface area (Å²) >= 11 is 1.81. The highest BCUT2D eigenvalue weighted by Gasteiger charge is 2.08. The molecule has 0 radical (unpaired) electrons. The summed E-state index contributed by atoms with van der Waals surface area (Å²) in [6.07, 6.45) is 1.21. The van der Waals surface area contributed by atoms with E-state index in [9.17, 15) is 0 Å². The highest BCUT2D eigenvalue weighted by atomic mass is 32.2. The van der Waals surface area contributed by atoms with Crippen LogP contribution in [0.15, 0.2) is 0 Å². The van der Waals surface area contributed by atoms with Gasteiger partial charge in [0.25, 0.3) is 0 Å². The summed E-state index contributed by atoms with van der Waals surface area (Å²) in [5, 5.41) is 0. The molecule has 2 heteroatoms. The summed E-state index contributed by atoms with van der Waals surface area (Å²) in [7, 11) is 0. The van der Waals surface area contributed by atoms with Crippen LogP contribution in [0.1, 0.15) is 34.1 Å². The average molecular weight is 147 g/mol. The molecule has 0 rings (SSSR count). The molecule has 0 spiro atoms. The predicted molar refractivity (Wildman–Crippen MR) is 45.6 cm³/mol. The maximum absolute atomic E-state index is 3.29. The second-order valence-corrected chi connectivity index (χ2v) is 4.83. The SMILES string of the molecule is CCCNSC(C)(C)C. The summed E-state index contributed by atoms with van der Waals surface area (Å²) in [6, 6.07) is 0. The van der Waals surface area contributed by atoms with Gasteiger partial charge in [-0.15, -0.1) is 0 Å². The van der Waals surface area contributed by atoms with Crippen molar-refractivity contribution in [1.82, 2.24) is 4.72 Å². The fourth-order valence-electron chi connectivity index (χ4n) is 0.370. The predicted octanol–water partition coefficient (Wildman–Crippen LogP) is 2.43. The summed E-state index contributed by atoms with van der Waals surface area (Å²) in [5.74, 6) is 0. The quantitative estimate of drug-likeness (QED) is 0.486. The van der Waals surface area contributed by atoms with E-state index in [-0.39, 0.29) is 0 Å². The lowest BCUT2D eigenvalue weighted by Crippen LogP contribution is -2.17. The van der Waals surface area contributed by atoms with Gasteiger partial charge in [0.15, 0.2) is 0 Å². The molecule has 0 aromatic heterocycles. The van der Waals surface area contributed by atoms with E-state index in [2.05, 4.69) is 32.4 Å². The Balaban J connectivity index is 3.07. The van der Waals surface area contributed by atoms with Crippen LogP contribution in [-0.2, 0) is 0 Å². The zero-order chi connectivity index (χ0) is 7.33. The van der Waals surface area contributed by atoms with Crippen molar-refractivity contribution in [1.29, 1.82) is 0 Å². The van der Waals surface area contributed by atoms with Gasteiger partial charge in [-0.05, 0) is 27.2 Å². The van der Waals surface area contributed by atoms with Crippen LogP contribution in [0.25, 0.3) is 0 Å². The molecule has 0 aliphatic rings. The average Bonchev–Trinajstić information content (AvgIpc) is 1.63. The fraction of sp³-hybridized carbons (Fsp3) is 1.00. The standard InChI is InChI=1S/C7H17NS/c1-5-6-8-9-7(2,3)4/h8H,5-6H2,1-4H3. The van der Waals surface area contributed by atoms with Gasteiger partial charge in [0.1, 0.15) is 0 Å². The van der Waals surface area contributed by atoms with Gasteiger partial charge in [0.2, 0.25) is 0 Å². The van der Waals surface area contributed by atoms with E-state index in [0.717, 1.165) is 6.54 Å². The van der Waals surface area contributed by atoms with Crippen LogP contribution in [0.5, 0.6) is 0 Å². The van der Waals surface area contributed by atoms with Crippen molar-refractivity contribution < 1.29 is 0 Å². The van der Waals surface area contributed by atoms with Crippen molar-refractivity contribution in [3.63, 3.8) is 0 Å². The Morgan fingerprint density at radius 2 is 1.89 bits per heavy atom. The van der Waals surface area contributed by atoms with E-state index in [1.54, 1.807) is 0 Å². The molecule has 56 valence electrons. The topological polar surface area (TPSA) is 12.0 Å². The molecular formula is C7H17NS. The van der Waals surface area contributed by atoms with Gasteiger partial charge in [0.05, 0.1) is 0 Å². The van der Waals surface area contributed by atoms with Gasteiger partial charge in [-0.1, -0.05) is 18.9 Å². The first kappa shape index (κ1) is 9.31. The minimum Gasteiger partial charge on any atom is -0.264 e. The molecule has 1 N–H and O–H groups in total. The summed E-state index contributed by atoms with van der Waals surface area (Å²) in [6.45, 7) is 9.92. The molecule has 0 atom stereocenters. The van der Waals surface area contributed by atoms with Crippen molar-refractivity contribution in [2.45, 2.75) is 38.9 Å². The molecule has 0 aromatic rings. The molecular weight excluding hydrogens is 130 g/mol. The van der Waals surface area contributed by atoms with Crippen LogP contribution >= 0.6 is 11.9 Å². The first-order chi connectivity index (χ1) is 4.06. The van der Waals surface area contributed by atoms with Crippen LogP contribution in [0.4, 0.5) is 0 Å². The Kier molecular flexibility index (Phi) is 4.32. The summed E-state index contributed by atoms with van der Waals surface area (Å²) < 4.78 is 3.65. The fourth-order valence-corrected chi connectivity index (χ4v) is 1.11. The maximum Gasteiger partial charge on any atom is 0.0220 e. The third kappa shape index (κ3) is 8.31. The van der Waals surface area contributed by atoms with E-state index in [1.807, 2.05) is 11.9 Å². The zero-order valence-electron chi connectivity index (χ0n) is 6.82. The van der Waals surface area contributed by atoms with E-state index < -0.39 is 0 Å². The van der Waals surface area contributed by atoms with Gasteiger partial charge in [-0.2, -0.15) is 0 Å².